The summed E-state index contributed by atoms with van der Waals surface area (Å²) < 4.78 is 0. The van der Waals surface area contributed by atoms with E-state index in [-0.39, 0.29) is 0 Å². The zero-order chi connectivity index (χ0) is 25.9. The summed E-state index contributed by atoms with van der Waals surface area (Å²) in [6.45, 7) is 28.2. The highest BCUT2D eigenvalue weighted by atomic mass is 14.0. The predicted molar refractivity (Wildman–Crippen MR) is 155 cm³/mol. The van der Waals surface area contributed by atoms with Crippen LogP contribution in [-0.4, -0.2) is 0 Å². The Balaban J connectivity index is -0.000000285. The number of rotatable bonds is 2. The zero-order valence-corrected chi connectivity index (χ0v) is 23.9. The normalized spacial score (nSPS) is 7.69. The van der Waals surface area contributed by atoms with Gasteiger partial charge in [-0.1, -0.05) is 167 Å². The second-order valence-electron chi connectivity index (χ2n) is 5.31. The van der Waals surface area contributed by atoms with Crippen LogP contribution in [0.2, 0.25) is 0 Å². The smallest absolute Gasteiger partial charge is 0.0181 e. The standard InChI is InChI=1S/C20H18.6C2H6/c1-15-6-8-17(9-7-15)18-10-12-19(13-11-18)20-5-3-4-16(2)14-20;6*1-2/h3-14H,1-2H3;6*1-2H3. The highest BCUT2D eigenvalue weighted by Gasteiger charge is 2.00. The Morgan fingerprint density at radius 1 is 0.312 bits per heavy atom. The molecule has 0 bridgehead atoms. The van der Waals surface area contributed by atoms with Gasteiger partial charge in [0, 0.05) is 0 Å². The van der Waals surface area contributed by atoms with Gasteiger partial charge in [0.2, 0.25) is 0 Å². The number of hydrogen-bond donors (Lipinski definition) is 0. The van der Waals surface area contributed by atoms with Crippen molar-refractivity contribution in [2.45, 2.75) is 96.9 Å². The quantitative estimate of drug-likeness (QED) is 0.373. The van der Waals surface area contributed by atoms with Gasteiger partial charge in [0.15, 0.2) is 0 Å². The van der Waals surface area contributed by atoms with Gasteiger partial charge in [-0.25, -0.2) is 0 Å². The molecule has 0 spiro atoms. The van der Waals surface area contributed by atoms with Crippen LogP contribution in [0.15, 0.2) is 72.8 Å². The fourth-order valence-corrected chi connectivity index (χ4v) is 2.43. The van der Waals surface area contributed by atoms with E-state index < -0.39 is 0 Å². The first-order chi connectivity index (χ1) is 15.7. The molecule has 0 heterocycles. The Bertz CT molecular complexity index is 704. The topological polar surface area (TPSA) is 0 Å². The Kier molecular flexibility index (Phi) is 33.1. The van der Waals surface area contributed by atoms with E-state index in [0.29, 0.717) is 0 Å². The Labute approximate surface area is 203 Å². The first-order valence-electron chi connectivity index (χ1n) is 13.0. The molecule has 0 aliphatic rings. The highest BCUT2D eigenvalue weighted by Crippen LogP contribution is 2.25. The lowest BCUT2D eigenvalue weighted by Crippen LogP contribution is -1.81. The number of hydrogen-bond acceptors (Lipinski definition) is 0. The van der Waals surface area contributed by atoms with E-state index in [4.69, 9.17) is 0 Å². The maximum atomic E-state index is 2.22. The summed E-state index contributed by atoms with van der Waals surface area (Å²) in [5.74, 6) is 0. The lowest BCUT2D eigenvalue weighted by Gasteiger charge is -2.06. The summed E-state index contributed by atoms with van der Waals surface area (Å²) in [5.41, 5.74) is 7.67. The van der Waals surface area contributed by atoms with Crippen molar-refractivity contribution in [1.29, 1.82) is 0 Å². The Hall–Kier alpha value is -2.34. The molecule has 0 aromatic heterocycles. The van der Waals surface area contributed by atoms with Crippen molar-refractivity contribution in [3.05, 3.63) is 83.9 Å². The van der Waals surface area contributed by atoms with Crippen LogP contribution < -0.4 is 0 Å². The van der Waals surface area contributed by atoms with Crippen LogP contribution in [0.1, 0.15) is 94.2 Å². The van der Waals surface area contributed by atoms with E-state index in [2.05, 4.69) is 86.6 Å². The molecule has 3 aromatic carbocycles. The molecule has 0 saturated carbocycles. The van der Waals surface area contributed by atoms with Crippen LogP contribution >= 0.6 is 0 Å². The average molecular weight is 439 g/mol. The molecule has 0 heteroatoms. The van der Waals surface area contributed by atoms with Crippen molar-refractivity contribution >= 4 is 0 Å². The lowest BCUT2D eigenvalue weighted by atomic mass is 9.99. The van der Waals surface area contributed by atoms with Crippen LogP contribution in [0.5, 0.6) is 0 Å². The molecule has 0 saturated heterocycles. The maximum absolute atomic E-state index is 2.22. The second-order valence-corrected chi connectivity index (χ2v) is 5.31. The van der Waals surface area contributed by atoms with Gasteiger partial charge in [-0.15, -0.1) is 0 Å². The SMILES string of the molecule is CC.CC.CC.CC.CC.CC.Cc1ccc(-c2ccc(-c3cccc(C)c3)cc2)cc1. The van der Waals surface area contributed by atoms with Crippen LogP contribution in [0.3, 0.4) is 0 Å². The zero-order valence-electron chi connectivity index (χ0n) is 23.9. The molecular formula is C32H54. The molecule has 32 heavy (non-hydrogen) atoms. The fraction of sp³-hybridized carbons (Fsp3) is 0.438. The van der Waals surface area contributed by atoms with Crippen molar-refractivity contribution in [3.63, 3.8) is 0 Å². The van der Waals surface area contributed by atoms with Crippen molar-refractivity contribution in [2.24, 2.45) is 0 Å². The van der Waals surface area contributed by atoms with Gasteiger partial charge < -0.3 is 0 Å². The third-order valence-corrected chi connectivity index (χ3v) is 3.62. The van der Waals surface area contributed by atoms with E-state index in [1.165, 1.54) is 33.4 Å². The molecule has 3 rings (SSSR count). The Morgan fingerprint density at radius 2 is 0.625 bits per heavy atom. The molecule has 0 N–H and O–H groups in total. The van der Waals surface area contributed by atoms with Crippen LogP contribution in [-0.2, 0) is 0 Å². The van der Waals surface area contributed by atoms with Crippen molar-refractivity contribution in [2.75, 3.05) is 0 Å². The van der Waals surface area contributed by atoms with Gasteiger partial charge in [-0.05, 0) is 36.1 Å². The summed E-state index contributed by atoms with van der Waals surface area (Å²) in [6, 6.07) is 26.1. The molecule has 0 atom stereocenters. The molecule has 0 radical (unpaired) electrons. The summed E-state index contributed by atoms with van der Waals surface area (Å²) in [5, 5.41) is 0. The van der Waals surface area contributed by atoms with Crippen LogP contribution in [0, 0.1) is 13.8 Å². The minimum absolute atomic E-state index is 1.27. The summed E-state index contributed by atoms with van der Waals surface area (Å²) >= 11 is 0. The van der Waals surface area contributed by atoms with Crippen molar-refractivity contribution in [1.82, 2.24) is 0 Å². The number of aryl methyl sites for hydroxylation is 2. The van der Waals surface area contributed by atoms with Crippen LogP contribution in [0.4, 0.5) is 0 Å². The van der Waals surface area contributed by atoms with E-state index in [0.717, 1.165) is 0 Å². The third-order valence-electron chi connectivity index (χ3n) is 3.62. The van der Waals surface area contributed by atoms with E-state index in [1.54, 1.807) is 0 Å². The largest absolute Gasteiger partial charge is 0.0683 e. The molecule has 3 aromatic rings. The molecule has 0 aliphatic heterocycles. The molecule has 0 nitrogen and oxygen atoms in total. The summed E-state index contributed by atoms with van der Waals surface area (Å²) in [6.07, 6.45) is 0. The molecular weight excluding hydrogens is 384 g/mol. The average Bonchev–Trinajstić information content (AvgIpc) is 2.92. The maximum Gasteiger partial charge on any atom is -0.0181 e. The molecule has 0 amide bonds. The first kappa shape index (κ1) is 37.0. The summed E-state index contributed by atoms with van der Waals surface area (Å²) in [7, 11) is 0. The third kappa shape index (κ3) is 15.5. The predicted octanol–water partition coefficient (Wildman–Crippen LogP) is 11.8. The number of benzene rings is 3. The van der Waals surface area contributed by atoms with Gasteiger partial charge in [0.25, 0.3) is 0 Å². The van der Waals surface area contributed by atoms with Gasteiger partial charge in [-0.3, -0.25) is 0 Å². The monoisotopic (exact) mass is 438 g/mol. The second kappa shape index (κ2) is 28.7. The fourth-order valence-electron chi connectivity index (χ4n) is 2.43. The lowest BCUT2D eigenvalue weighted by molar-refractivity contribution is 1.46. The van der Waals surface area contributed by atoms with Gasteiger partial charge in [0.05, 0.1) is 0 Å². The van der Waals surface area contributed by atoms with Gasteiger partial charge in [-0.2, -0.15) is 0 Å². The minimum Gasteiger partial charge on any atom is -0.0683 e. The van der Waals surface area contributed by atoms with E-state index in [9.17, 15) is 0 Å². The summed E-state index contributed by atoms with van der Waals surface area (Å²) in [4.78, 5) is 0. The molecule has 182 valence electrons. The molecule has 0 aliphatic carbocycles. The van der Waals surface area contributed by atoms with Gasteiger partial charge >= 0.3 is 0 Å². The first-order valence-corrected chi connectivity index (χ1v) is 13.0. The van der Waals surface area contributed by atoms with E-state index >= 15 is 0 Å². The van der Waals surface area contributed by atoms with Crippen molar-refractivity contribution < 1.29 is 0 Å². The highest BCUT2D eigenvalue weighted by molar-refractivity contribution is 5.70. The van der Waals surface area contributed by atoms with Gasteiger partial charge in [0.1, 0.15) is 0 Å². The van der Waals surface area contributed by atoms with Crippen LogP contribution in [0.25, 0.3) is 22.3 Å². The molecule has 0 unspecified atom stereocenters. The Morgan fingerprint density at radius 3 is 0.969 bits per heavy atom. The minimum atomic E-state index is 1.27. The van der Waals surface area contributed by atoms with Crippen molar-refractivity contribution in [3.8, 4) is 22.3 Å². The van der Waals surface area contributed by atoms with E-state index in [1.807, 2.05) is 83.1 Å². The molecule has 0 fully saturated rings.